The first kappa shape index (κ1) is 20.7. The van der Waals surface area contributed by atoms with Gasteiger partial charge in [-0.25, -0.2) is 4.39 Å². The van der Waals surface area contributed by atoms with Gasteiger partial charge in [-0.2, -0.15) is 0 Å². The van der Waals surface area contributed by atoms with E-state index in [1.54, 1.807) is 24.3 Å². The molecular formula is C21H19BrFN3O3S. The molecule has 156 valence electrons. The van der Waals surface area contributed by atoms with E-state index in [4.69, 9.17) is 14.2 Å². The lowest BCUT2D eigenvalue weighted by atomic mass is 10.2. The van der Waals surface area contributed by atoms with E-state index >= 15 is 0 Å². The van der Waals surface area contributed by atoms with Gasteiger partial charge in [-0.3, -0.25) is 4.57 Å². The molecule has 0 bridgehead atoms. The van der Waals surface area contributed by atoms with E-state index in [1.165, 1.54) is 17.8 Å². The van der Waals surface area contributed by atoms with Crippen LogP contribution in [0.5, 0.6) is 17.2 Å². The molecule has 0 spiro atoms. The Kier molecular flexibility index (Phi) is 6.59. The molecule has 0 saturated heterocycles. The molecule has 0 unspecified atom stereocenters. The molecule has 1 aliphatic rings. The Bertz CT molecular complexity index is 1060. The number of ether oxygens (including phenoxy) is 3. The van der Waals surface area contributed by atoms with Crippen LogP contribution in [0, 0.1) is 5.82 Å². The summed E-state index contributed by atoms with van der Waals surface area (Å²) in [6.07, 6.45) is 1.76. The molecule has 0 aliphatic carbocycles. The van der Waals surface area contributed by atoms with E-state index in [2.05, 4.69) is 32.7 Å². The van der Waals surface area contributed by atoms with Gasteiger partial charge in [0, 0.05) is 16.8 Å². The van der Waals surface area contributed by atoms with E-state index in [9.17, 15) is 4.39 Å². The molecule has 1 aliphatic heterocycles. The van der Waals surface area contributed by atoms with Crippen LogP contribution in [-0.4, -0.2) is 28.0 Å². The van der Waals surface area contributed by atoms with Crippen LogP contribution in [-0.2, 0) is 18.9 Å². The smallest absolute Gasteiger partial charge is 0.191 e. The van der Waals surface area contributed by atoms with E-state index in [0.717, 1.165) is 26.7 Å². The van der Waals surface area contributed by atoms with Crippen molar-refractivity contribution in [2.24, 2.45) is 0 Å². The van der Waals surface area contributed by atoms with Crippen molar-refractivity contribution in [3.05, 3.63) is 70.7 Å². The minimum absolute atomic E-state index is 0.107. The van der Waals surface area contributed by atoms with Crippen molar-refractivity contribution >= 4 is 27.7 Å². The lowest BCUT2D eigenvalue weighted by Gasteiger charge is -2.19. The predicted octanol–water partition coefficient (Wildman–Crippen LogP) is 5.01. The maximum Gasteiger partial charge on any atom is 0.191 e. The van der Waals surface area contributed by atoms with Gasteiger partial charge in [0.25, 0.3) is 0 Å². The predicted molar refractivity (Wildman–Crippen MR) is 116 cm³/mol. The highest BCUT2D eigenvalue weighted by molar-refractivity contribution is 9.10. The van der Waals surface area contributed by atoms with E-state index in [0.29, 0.717) is 31.3 Å². The zero-order chi connectivity index (χ0) is 20.9. The summed E-state index contributed by atoms with van der Waals surface area (Å²) in [6, 6.07) is 10.2. The minimum atomic E-state index is -0.412. The summed E-state index contributed by atoms with van der Waals surface area (Å²) in [6.45, 7) is 5.53. The largest absolute Gasteiger partial charge is 0.486 e. The third kappa shape index (κ3) is 4.62. The monoisotopic (exact) mass is 491 g/mol. The molecule has 0 saturated carbocycles. The summed E-state index contributed by atoms with van der Waals surface area (Å²) in [5.41, 5.74) is 1.06. The van der Waals surface area contributed by atoms with Crippen molar-refractivity contribution in [3.8, 4) is 17.2 Å². The molecule has 9 heteroatoms. The molecule has 0 atom stereocenters. The van der Waals surface area contributed by atoms with Crippen LogP contribution in [0.3, 0.4) is 0 Å². The van der Waals surface area contributed by atoms with E-state index in [-0.39, 0.29) is 12.4 Å². The Labute approximate surface area is 186 Å². The maximum absolute atomic E-state index is 13.8. The number of aromatic nitrogens is 3. The Morgan fingerprint density at radius 2 is 1.97 bits per heavy atom. The highest BCUT2D eigenvalue weighted by Crippen LogP contribution is 2.37. The molecule has 3 aromatic rings. The van der Waals surface area contributed by atoms with Crippen LogP contribution in [0.2, 0.25) is 0 Å². The molecule has 2 heterocycles. The topological polar surface area (TPSA) is 58.4 Å². The Morgan fingerprint density at radius 3 is 2.73 bits per heavy atom. The molecule has 6 nitrogen and oxygen atoms in total. The molecule has 2 aromatic carbocycles. The molecule has 0 radical (unpaired) electrons. The van der Waals surface area contributed by atoms with Gasteiger partial charge in [0.1, 0.15) is 19.8 Å². The van der Waals surface area contributed by atoms with Crippen molar-refractivity contribution in [1.82, 2.24) is 14.8 Å². The summed E-state index contributed by atoms with van der Waals surface area (Å²) in [5.74, 6) is 2.50. The normalized spacial score (nSPS) is 12.6. The zero-order valence-corrected chi connectivity index (χ0v) is 18.4. The summed E-state index contributed by atoms with van der Waals surface area (Å²) < 4.78 is 33.5. The fraction of sp³-hybridized carbons (Fsp3) is 0.238. The fourth-order valence-corrected chi connectivity index (χ4v) is 4.51. The first-order chi connectivity index (χ1) is 14.7. The van der Waals surface area contributed by atoms with Crippen LogP contribution in [0.25, 0.3) is 0 Å². The minimum Gasteiger partial charge on any atom is -0.486 e. The van der Waals surface area contributed by atoms with Gasteiger partial charge >= 0.3 is 0 Å². The Morgan fingerprint density at radius 1 is 1.20 bits per heavy atom. The zero-order valence-electron chi connectivity index (χ0n) is 16.0. The average Bonchev–Trinajstić information content (AvgIpc) is 3.13. The fourth-order valence-electron chi connectivity index (χ4n) is 2.91. The number of thioether (sulfide) groups is 1. The van der Waals surface area contributed by atoms with Gasteiger partial charge in [0.05, 0.1) is 0 Å². The molecule has 0 amide bonds. The average molecular weight is 492 g/mol. The van der Waals surface area contributed by atoms with Crippen LogP contribution in [0.4, 0.5) is 4.39 Å². The summed E-state index contributed by atoms with van der Waals surface area (Å²) in [7, 11) is 0. The first-order valence-electron chi connectivity index (χ1n) is 9.27. The number of fused-ring (bicyclic) bond motifs is 1. The highest BCUT2D eigenvalue weighted by atomic mass is 79.9. The summed E-state index contributed by atoms with van der Waals surface area (Å²) in [5, 5.41) is 9.24. The first-order valence-corrected chi connectivity index (χ1v) is 11.0. The van der Waals surface area contributed by atoms with Gasteiger partial charge in [-0.15, -0.1) is 16.8 Å². The summed E-state index contributed by atoms with van der Waals surface area (Å²) >= 11 is 5.13. The number of nitrogens with zero attached hydrogens (tertiary/aromatic N) is 3. The highest BCUT2D eigenvalue weighted by Gasteiger charge is 2.17. The van der Waals surface area contributed by atoms with Crippen LogP contribution in [0.15, 0.2) is 58.7 Å². The third-order valence-corrected chi connectivity index (χ3v) is 6.12. The van der Waals surface area contributed by atoms with Crippen molar-refractivity contribution in [2.75, 3.05) is 13.2 Å². The van der Waals surface area contributed by atoms with Gasteiger partial charge in [-0.05, 0) is 29.8 Å². The second kappa shape index (κ2) is 9.53. The van der Waals surface area contributed by atoms with Crippen LogP contribution < -0.4 is 14.2 Å². The van der Waals surface area contributed by atoms with E-state index < -0.39 is 5.82 Å². The lowest BCUT2D eigenvalue weighted by molar-refractivity contribution is 0.171. The SMILES string of the molecule is C=CCn1c(COc2ccccc2F)nnc1SCc1cc2c(cc1Br)OCCO2. The molecule has 1 aromatic heterocycles. The second-order valence-corrected chi connectivity index (χ2v) is 8.19. The van der Waals surface area contributed by atoms with Crippen LogP contribution >= 0.6 is 27.7 Å². The number of hydrogen-bond acceptors (Lipinski definition) is 6. The van der Waals surface area contributed by atoms with Gasteiger partial charge in [0.2, 0.25) is 0 Å². The van der Waals surface area contributed by atoms with Gasteiger partial charge in [0.15, 0.2) is 34.0 Å². The lowest BCUT2D eigenvalue weighted by Crippen LogP contribution is -2.15. The second-order valence-electron chi connectivity index (χ2n) is 6.39. The molecule has 30 heavy (non-hydrogen) atoms. The number of para-hydroxylation sites is 1. The number of benzene rings is 2. The number of allylic oxidation sites excluding steroid dienone is 1. The van der Waals surface area contributed by atoms with Crippen LogP contribution in [0.1, 0.15) is 11.4 Å². The Hall–Kier alpha value is -2.52. The molecule has 4 rings (SSSR count). The van der Waals surface area contributed by atoms with Crippen molar-refractivity contribution < 1.29 is 18.6 Å². The number of halogens is 2. The van der Waals surface area contributed by atoms with Crippen molar-refractivity contribution in [3.63, 3.8) is 0 Å². The maximum atomic E-state index is 13.8. The standard InChI is InChI=1S/C21H19BrFN3O3S/c1-2-7-26-20(12-29-17-6-4-3-5-16(17)23)24-25-21(26)30-13-14-10-18-19(11-15(14)22)28-9-8-27-18/h2-6,10-11H,1,7-9,12-13H2. The van der Waals surface area contributed by atoms with E-state index in [1.807, 2.05) is 16.7 Å². The van der Waals surface area contributed by atoms with Gasteiger partial charge < -0.3 is 14.2 Å². The van der Waals surface area contributed by atoms with Gasteiger partial charge in [-0.1, -0.05) is 45.9 Å². The Balaban J connectivity index is 1.48. The number of hydrogen-bond donors (Lipinski definition) is 0. The molecule has 0 N–H and O–H groups in total. The number of rotatable bonds is 8. The van der Waals surface area contributed by atoms with Crippen molar-refractivity contribution in [2.45, 2.75) is 24.1 Å². The third-order valence-electron chi connectivity index (χ3n) is 4.37. The van der Waals surface area contributed by atoms with Crippen molar-refractivity contribution in [1.29, 1.82) is 0 Å². The summed E-state index contributed by atoms with van der Waals surface area (Å²) in [4.78, 5) is 0. The molecular weight excluding hydrogens is 473 g/mol. The molecule has 0 fully saturated rings. The quantitative estimate of drug-likeness (QED) is 0.326.